The molecule has 0 bridgehead atoms. The van der Waals surface area contributed by atoms with Gasteiger partial charge in [-0.2, -0.15) is 0 Å². The van der Waals surface area contributed by atoms with Crippen LogP contribution in [0.1, 0.15) is 6.92 Å². The fraction of sp³-hybridized carbons (Fsp3) is 0.308. The summed E-state index contributed by atoms with van der Waals surface area (Å²) in [5.74, 6) is -0.0826. The number of nitrogens with zero attached hydrogens (tertiary/aromatic N) is 3. The molecule has 0 saturated carbocycles. The van der Waals surface area contributed by atoms with Crippen molar-refractivity contribution in [3.63, 3.8) is 0 Å². The third-order valence-corrected chi connectivity index (χ3v) is 3.72. The molecule has 1 amide bonds. The van der Waals surface area contributed by atoms with E-state index in [1.54, 1.807) is 0 Å². The molecule has 1 atom stereocenters. The van der Waals surface area contributed by atoms with Crippen LogP contribution < -0.4 is 5.32 Å². The molecule has 19 heavy (non-hydrogen) atoms. The lowest BCUT2D eigenvalue weighted by molar-refractivity contribution is -0.119. The molecular weight excluding hydrogens is 260 g/mol. The molecule has 1 unspecified atom stereocenters. The molecule has 0 aliphatic carbocycles. The van der Waals surface area contributed by atoms with E-state index in [9.17, 15) is 4.79 Å². The van der Waals surface area contributed by atoms with E-state index in [1.807, 2.05) is 56.3 Å². The monoisotopic (exact) mass is 276 g/mol. The number of benzene rings is 1. The maximum absolute atomic E-state index is 11.9. The van der Waals surface area contributed by atoms with Crippen LogP contribution in [0.2, 0.25) is 0 Å². The number of likely N-dealkylation sites (N-methyl/N-ethyl adjacent to an activating group) is 1. The van der Waals surface area contributed by atoms with Crippen molar-refractivity contribution in [2.45, 2.75) is 13.0 Å². The van der Waals surface area contributed by atoms with Crippen LogP contribution in [-0.2, 0) is 4.79 Å². The van der Waals surface area contributed by atoms with E-state index in [0.29, 0.717) is 5.13 Å². The number of nitrogens with one attached hydrogen (secondary N) is 1. The van der Waals surface area contributed by atoms with Crippen molar-refractivity contribution in [3.8, 4) is 10.6 Å². The number of rotatable bonds is 4. The summed E-state index contributed by atoms with van der Waals surface area (Å²) in [7, 11) is 3.72. The fourth-order valence-electron chi connectivity index (χ4n) is 1.42. The molecular formula is C13H16N4OS. The zero-order valence-corrected chi connectivity index (χ0v) is 11.9. The molecule has 1 N–H and O–H groups in total. The Kier molecular flexibility index (Phi) is 4.24. The molecule has 1 aromatic heterocycles. The summed E-state index contributed by atoms with van der Waals surface area (Å²) in [6.45, 7) is 1.84. The number of aromatic nitrogens is 2. The second-order valence-corrected chi connectivity index (χ2v) is 5.38. The van der Waals surface area contributed by atoms with Gasteiger partial charge in [0.05, 0.1) is 6.04 Å². The molecule has 0 aliphatic rings. The summed E-state index contributed by atoms with van der Waals surface area (Å²) in [5, 5.41) is 12.2. The Morgan fingerprint density at radius 1 is 1.26 bits per heavy atom. The second kappa shape index (κ2) is 5.90. The number of carbonyl (C=O) groups excluding carboxylic acids is 1. The van der Waals surface area contributed by atoms with Gasteiger partial charge in [0.1, 0.15) is 5.01 Å². The van der Waals surface area contributed by atoms with Crippen molar-refractivity contribution in [3.05, 3.63) is 30.3 Å². The highest BCUT2D eigenvalue weighted by Crippen LogP contribution is 2.25. The van der Waals surface area contributed by atoms with Crippen molar-refractivity contribution in [2.24, 2.45) is 0 Å². The van der Waals surface area contributed by atoms with E-state index in [1.165, 1.54) is 11.3 Å². The minimum absolute atomic E-state index is 0.0826. The van der Waals surface area contributed by atoms with Gasteiger partial charge in [0.15, 0.2) is 0 Å². The Labute approximate surface area is 116 Å². The highest BCUT2D eigenvalue weighted by atomic mass is 32.1. The van der Waals surface area contributed by atoms with Crippen LogP contribution in [0.15, 0.2) is 30.3 Å². The minimum atomic E-state index is -0.205. The Morgan fingerprint density at radius 2 is 1.95 bits per heavy atom. The van der Waals surface area contributed by atoms with Gasteiger partial charge >= 0.3 is 0 Å². The molecule has 2 rings (SSSR count). The van der Waals surface area contributed by atoms with Crippen LogP contribution in [0.4, 0.5) is 5.13 Å². The highest BCUT2D eigenvalue weighted by Gasteiger charge is 2.17. The zero-order valence-electron chi connectivity index (χ0n) is 11.1. The molecule has 0 aliphatic heterocycles. The molecule has 5 nitrogen and oxygen atoms in total. The van der Waals surface area contributed by atoms with E-state index in [-0.39, 0.29) is 11.9 Å². The van der Waals surface area contributed by atoms with Crippen LogP contribution in [-0.4, -0.2) is 41.1 Å². The minimum Gasteiger partial charge on any atom is -0.299 e. The first-order valence-corrected chi connectivity index (χ1v) is 6.76. The second-order valence-electron chi connectivity index (χ2n) is 4.41. The Balaban J connectivity index is 2.08. The van der Waals surface area contributed by atoms with Crippen LogP contribution in [0.3, 0.4) is 0 Å². The van der Waals surface area contributed by atoms with Gasteiger partial charge in [-0.15, -0.1) is 10.2 Å². The van der Waals surface area contributed by atoms with Gasteiger partial charge in [-0.3, -0.25) is 15.0 Å². The SMILES string of the molecule is CC(C(=O)Nc1nnc(-c2ccccc2)s1)N(C)C. The molecule has 2 aromatic rings. The lowest BCUT2D eigenvalue weighted by atomic mass is 10.2. The van der Waals surface area contributed by atoms with E-state index in [2.05, 4.69) is 15.5 Å². The Morgan fingerprint density at radius 3 is 2.58 bits per heavy atom. The van der Waals surface area contributed by atoms with Crippen LogP contribution in [0.25, 0.3) is 10.6 Å². The molecule has 1 aromatic carbocycles. The first kappa shape index (κ1) is 13.6. The predicted octanol–water partition coefficient (Wildman–Crippen LogP) is 2.09. The Bertz CT molecular complexity index is 553. The van der Waals surface area contributed by atoms with Crippen LogP contribution >= 0.6 is 11.3 Å². The van der Waals surface area contributed by atoms with Crippen molar-refractivity contribution in [2.75, 3.05) is 19.4 Å². The van der Waals surface area contributed by atoms with Gasteiger partial charge < -0.3 is 0 Å². The molecule has 0 spiro atoms. The topological polar surface area (TPSA) is 58.1 Å². The third kappa shape index (κ3) is 3.36. The van der Waals surface area contributed by atoms with Crippen molar-refractivity contribution in [1.82, 2.24) is 15.1 Å². The lowest BCUT2D eigenvalue weighted by Gasteiger charge is -2.17. The summed E-state index contributed by atoms with van der Waals surface area (Å²) >= 11 is 1.37. The van der Waals surface area contributed by atoms with E-state index < -0.39 is 0 Å². The number of carbonyl (C=O) groups is 1. The van der Waals surface area contributed by atoms with Crippen LogP contribution in [0, 0.1) is 0 Å². The molecule has 0 saturated heterocycles. The highest BCUT2D eigenvalue weighted by molar-refractivity contribution is 7.18. The average Bonchev–Trinajstić information content (AvgIpc) is 2.87. The number of amides is 1. The molecule has 0 fully saturated rings. The summed E-state index contributed by atoms with van der Waals surface area (Å²) in [6, 6.07) is 9.57. The van der Waals surface area contributed by atoms with E-state index >= 15 is 0 Å². The van der Waals surface area contributed by atoms with Crippen LogP contribution in [0.5, 0.6) is 0 Å². The summed E-state index contributed by atoms with van der Waals surface area (Å²) in [5.41, 5.74) is 1.00. The molecule has 6 heteroatoms. The largest absolute Gasteiger partial charge is 0.299 e. The first-order valence-electron chi connectivity index (χ1n) is 5.94. The Hall–Kier alpha value is -1.79. The quantitative estimate of drug-likeness (QED) is 0.929. The molecule has 1 heterocycles. The summed E-state index contributed by atoms with van der Waals surface area (Å²) < 4.78 is 0. The van der Waals surface area contributed by atoms with Gasteiger partial charge in [0, 0.05) is 5.56 Å². The number of hydrogen-bond donors (Lipinski definition) is 1. The number of hydrogen-bond acceptors (Lipinski definition) is 5. The summed E-state index contributed by atoms with van der Waals surface area (Å²) in [6.07, 6.45) is 0. The van der Waals surface area contributed by atoms with Gasteiger partial charge in [-0.05, 0) is 21.0 Å². The number of anilines is 1. The first-order chi connectivity index (χ1) is 9.08. The molecule has 0 radical (unpaired) electrons. The smallest absolute Gasteiger partial charge is 0.243 e. The van der Waals surface area contributed by atoms with E-state index in [4.69, 9.17) is 0 Å². The van der Waals surface area contributed by atoms with Gasteiger partial charge in [0.25, 0.3) is 0 Å². The summed E-state index contributed by atoms with van der Waals surface area (Å²) in [4.78, 5) is 13.7. The van der Waals surface area contributed by atoms with Crippen molar-refractivity contribution < 1.29 is 4.79 Å². The van der Waals surface area contributed by atoms with Gasteiger partial charge in [-0.1, -0.05) is 41.7 Å². The third-order valence-electron chi connectivity index (χ3n) is 2.83. The fourth-order valence-corrected chi connectivity index (χ4v) is 2.17. The molecule has 100 valence electrons. The standard InChI is InChI=1S/C13H16N4OS/c1-9(17(2)3)11(18)14-13-16-15-12(19-13)10-7-5-4-6-8-10/h4-9H,1-3H3,(H,14,16,18). The maximum Gasteiger partial charge on any atom is 0.243 e. The van der Waals surface area contributed by atoms with E-state index in [0.717, 1.165) is 10.6 Å². The van der Waals surface area contributed by atoms with Gasteiger partial charge in [0.2, 0.25) is 11.0 Å². The predicted molar refractivity (Wildman–Crippen MR) is 77.1 cm³/mol. The maximum atomic E-state index is 11.9. The lowest BCUT2D eigenvalue weighted by Crippen LogP contribution is -2.37. The van der Waals surface area contributed by atoms with Crippen molar-refractivity contribution >= 4 is 22.4 Å². The average molecular weight is 276 g/mol. The zero-order chi connectivity index (χ0) is 13.8. The van der Waals surface area contributed by atoms with Gasteiger partial charge in [-0.25, -0.2) is 0 Å². The normalized spacial score (nSPS) is 12.4. The van der Waals surface area contributed by atoms with Crippen molar-refractivity contribution in [1.29, 1.82) is 0 Å².